The molecule has 0 bridgehead atoms. The number of benzene rings is 3. The van der Waals surface area contributed by atoms with Gasteiger partial charge in [-0.2, -0.15) is 0 Å². The third kappa shape index (κ3) is 3.58. The van der Waals surface area contributed by atoms with Gasteiger partial charge in [-0.3, -0.25) is 9.36 Å². The number of aryl methyl sites for hydroxylation is 1. The number of fused-ring (bicyclic) bond motifs is 2. The number of phenols is 1. The van der Waals surface area contributed by atoms with Crippen LogP contribution in [0.4, 0.5) is 0 Å². The van der Waals surface area contributed by atoms with Crippen molar-refractivity contribution in [1.29, 1.82) is 0 Å². The summed E-state index contributed by atoms with van der Waals surface area (Å²) in [4.78, 5) is 22.8. The Bertz CT molecular complexity index is 1620. The lowest BCUT2D eigenvalue weighted by Crippen LogP contribution is -2.16. The fraction of sp³-hybridized carbons (Fsp3) is 0.0714. The first-order chi connectivity index (χ1) is 16.5. The van der Waals surface area contributed by atoms with Crippen LogP contribution in [0, 0.1) is 6.92 Å². The van der Waals surface area contributed by atoms with Gasteiger partial charge in [-0.25, -0.2) is 4.98 Å². The van der Waals surface area contributed by atoms with Crippen molar-refractivity contribution in [1.82, 2.24) is 14.5 Å². The van der Waals surface area contributed by atoms with Gasteiger partial charge in [0.1, 0.15) is 17.1 Å². The Kier molecular flexibility index (Phi) is 4.81. The monoisotopic (exact) mass is 463 g/mol. The number of aromatic amines is 1. The van der Waals surface area contributed by atoms with Gasteiger partial charge in [-0.15, -0.1) is 11.3 Å². The molecule has 2 aliphatic heterocycles. The van der Waals surface area contributed by atoms with Crippen LogP contribution < -0.4 is 5.56 Å². The molecule has 34 heavy (non-hydrogen) atoms. The van der Waals surface area contributed by atoms with Crippen LogP contribution in [0.3, 0.4) is 0 Å². The van der Waals surface area contributed by atoms with E-state index in [0.29, 0.717) is 17.9 Å². The number of rotatable bonds is 4. The predicted octanol–water partition coefficient (Wildman–Crippen LogP) is 6.15. The SMILES string of the molecule is Cc1ccc(Cc2nc3c(-c4cc5ccccc5s4)[nH]c(-c4ccc(O)cc4)cn-3c2=O)cc1. The van der Waals surface area contributed by atoms with Gasteiger partial charge in [0, 0.05) is 17.3 Å². The number of nitrogens with one attached hydrogen (secondary N) is 1. The summed E-state index contributed by atoms with van der Waals surface area (Å²) < 4.78 is 2.81. The molecule has 0 radical (unpaired) electrons. The number of phenolic OH excluding ortho intramolecular Hbond substituents is 1. The second-order valence-corrected chi connectivity index (χ2v) is 9.54. The highest BCUT2D eigenvalue weighted by Gasteiger charge is 2.22. The number of H-pyrrole nitrogens is 1. The predicted molar refractivity (Wildman–Crippen MR) is 137 cm³/mol. The van der Waals surface area contributed by atoms with E-state index in [-0.39, 0.29) is 11.3 Å². The van der Waals surface area contributed by atoms with E-state index >= 15 is 0 Å². The Balaban J connectivity index is 1.56. The minimum absolute atomic E-state index is 0.119. The maximum absolute atomic E-state index is 13.4. The zero-order valence-electron chi connectivity index (χ0n) is 18.4. The molecule has 0 unspecified atom stereocenters. The zero-order chi connectivity index (χ0) is 23.2. The molecule has 6 rings (SSSR count). The minimum Gasteiger partial charge on any atom is -0.508 e. The fourth-order valence-electron chi connectivity index (χ4n) is 4.19. The Morgan fingerprint density at radius 1 is 1.00 bits per heavy atom. The topological polar surface area (TPSA) is 70.9 Å². The number of thiophene rings is 1. The summed E-state index contributed by atoms with van der Waals surface area (Å²) in [6, 6.07) is 25.5. The summed E-state index contributed by atoms with van der Waals surface area (Å²) in [6.45, 7) is 2.05. The van der Waals surface area contributed by atoms with E-state index in [0.717, 1.165) is 32.8 Å². The first-order valence-corrected chi connectivity index (χ1v) is 11.8. The molecule has 166 valence electrons. The van der Waals surface area contributed by atoms with Crippen LogP contribution in [0.2, 0.25) is 0 Å². The molecule has 5 nitrogen and oxygen atoms in total. The summed E-state index contributed by atoms with van der Waals surface area (Å²) in [5.74, 6) is 0.809. The molecular formula is C28H21N3O2S. The Hall–Kier alpha value is -4.16. The summed E-state index contributed by atoms with van der Waals surface area (Å²) in [6.07, 6.45) is 2.27. The number of aromatic nitrogens is 3. The average Bonchev–Trinajstić information content (AvgIpc) is 3.42. The minimum atomic E-state index is -0.119. The first kappa shape index (κ1) is 20.4. The molecule has 0 amide bonds. The second kappa shape index (κ2) is 8.01. The Morgan fingerprint density at radius 3 is 2.53 bits per heavy atom. The molecule has 0 fully saturated rings. The van der Waals surface area contributed by atoms with Gasteiger partial charge in [0.25, 0.3) is 5.56 Å². The molecule has 0 saturated heterocycles. The number of nitrogens with zero attached hydrogens (tertiary/aromatic N) is 2. The lowest BCUT2D eigenvalue weighted by molar-refractivity contribution is 0.475. The zero-order valence-corrected chi connectivity index (χ0v) is 19.3. The molecule has 4 aromatic rings. The number of hydrogen-bond donors (Lipinski definition) is 2. The van der Waals surface area contributed by atoms with E-state index in [9.17, 15) is 9.90 Å². The van der Waals surface area contributed by atoms with Gasteiger partial charge in [0.2, 0.25) is 0 Å². The number of aromatic hydroxyl groups is 1. The van der Waals surface area contributed by atoms with Crippen LogP contribution in [0.5, 0.6) is 5.75 Å². The van der Waals surface area contributed by atoms with Gasteiger partial charge < -0.3 is 10.1 Å². The van der Waals surface area contributed by atoms with E-state index in [4.69, 9.17) is 4.98 Å². The van der Waals surface area contributed by atoms with Crippen LogP contribution in [0.25, 0.3) is 37.7 Å². The fourth-order valence-corrected chi connectivity index (χ4v) is 5.25. The van der Waals surface area contributed by atoms with E-state index in [1.54, 1.807) is 34.2 Å². The van der Waals surface area contributed by atoms with E-state index in [1.165, 1.54) is 10.3 Å². The molecular weight excluding hydrogens is 442 g/mol. The van der Waals surface area contributed by atoms with Crippen LogP contribution >= 0.6 is 11.3 Å². The number of imidazole rings is 1. The van der Waals surface area contributed by atoms with E-state index < -0.39 is 0 Å². The molecule has 0 spiro atoms. The van der Waals surface area contributed by atoms with Gasteiger partial charge in [-0.05, 0) is 59.8 Å². The van der Waals surface area contributed by atoms with Gasteiger partial charge in [0.15, 0.2) is 5.82 Å². The molecule has 0 atom stereocenters. The van der Waals surface area contributed by atoms with Crippen molar-refractivity contribution in [2.75, 3.05) is 0 Å². The van der Waals surface area contributed by atoms with Crippen LogP contribution in [-0.4, -0.2) is 19.6 Å². The molecule has 2 N–H and O–H groups in total. The van der Waals surface area contributed by atoms with Crippen LogP contribution in [0.1, 0.15) is 16.8 Å². The third-order valence-corrected chi connectivity index (χ3v) is 7.15. The lowest BCUT2D eigenvalue weighted by Gasteiger charge is -2.12. The second-order valence-electron chi connectivity index (χ2n) is 8.46. The van der Waals surface area contributed by atoms with Crippen molar-refractivity contribution < 1.29 is 5.11 Å². The maximum atomic E-state index is 13.4. The van der Waals surface area contributed by atoms with Crippen molar-refractivity contribution in [2.45, 2.75) is 13.3 Å². The molecule has 0 saturated carbocycles. The molecule has 0 aliphatic carbocycles. The molecule has 3 heterocycles. The molecule has 6 heteroatoms. The average molecular weight is 464 g/mol. The van der Waals surface area contributed by atoms with Crippen molar-refractivity contribution in [3.8, 4) is 33.4 Å². The Morgan fingerprint density at radius 2 is 1.76 bits per heavy atom. The normalized spacial score (nSPS) is 11.4. The summed E-state index contributed by atoms with van der Waals surface area (Å²) in [7, 11) is 0. The van der Waals surface area contributed by atoms with E-state index in [1.807, 2.05) is 43.3 Å². The maximum Gasteiger partial charge on any atom is 0.278 e. The van der Waals surface area contributed by atoms with Gasteiger partial charge in [-0.1, -0.05) is 48.0 Å². The standard InChI is InChI=1S/C28H21N3O2S/c1-17-6-8-18(9-7-17)14-22-28(33)31-16-23(19-10-12-21(32)13-11-19)29-26(27(31)30-22)25-15-20-4-2-3-5-24(20)34-25/h2-13,15-16,29,32H,14H2,1H3. The third-order valence-electron chi connectivity index (χ3n) is 6.02. The van der Waals surface area contributed by atoms with Crippen molar-refractivity contribution in [2.24, 2.45) is 0 Å². The highest BCUT2D eigenvalue weighted by molar-refractivity contribution is 7.22. The highest BCUT2D eigenvalue weighted by Crippen LogP contribution is 2.36. The highest BCUT2D eigenvalue weighted by atomic mass is 32.1. The largest absolute Gasteiger partial charge is 0.508 e. The first-order valence-electron chi connectivity index (χ1n) is 11.0. The molecule has 1 aromatic heterocycles. The van der Waals surface area contributed by atoms with Crippen molar-refractivity contribution in [3.05, 3.63) is 112 Å². The van der Waals surface area contributed by atoms with Crippen LogP contribution in [-0.2, 0) is 6.42 Å². The van der Waals surface area contributed by atoms with Crippen LogP contribution in [0.15, 0.2) is 89.9 Å². The summed E-state index contributed by atoms with van der Waals surface area (Å²) in [5, 5.41) is 10.9. The quantitative estimate of drug-likeness (QED) is 0.329. The van der Waals surface area contributed by atoms with Gasteiger partial charge in [0.05, 0.1) is 10.6 Å². The van der Waals surface area contributed by atoms with E-state index in [2.05, 4.69) is 35.3 Å². The van der Waals surface area contributed by atoms with Gasteiger partial charge >= 0.3 is 0 Å². The smallest absolute Gasteiger partial charge is 0.278 e. The Labute approximate surface area is 200 Å². The summed E-state index contributed by atoms with van der Waals surface area (Å²) >= 11 is 1.67. The molecule has 2 aliphatic rings. The number of hydrogen-bond acceptors (Lipinski definition) is 4. The lowest BCUT2D eigenvalue weighted by atomic mass is 10.1. The summed E-state index contributed by atoms with van der Waals surface area (Å²) in [5.41, 5.74) is 5.08. The molecule has 3 aromatic carbocycles. The van der Waals surface area contributed by atoms with Crippen molar-refractivity contribution in [3.63, 3.8) is 0 Å². The van der Waals surface area contributed by atoms with Crippen molar-refractivity contribution >= 4 is 21.4 Å².